The molecular formula is C17H10BrF3O. The Morgan fingerprint density at radius 3 is 2.18 bits per heavy atom. The monoisotopic (exact) mass is 366 g/mol. The molecule has 22 heavy (non-hydrogen) atoms. The molecule has 5 heteroatoms. The van der Waals surface area contributed by atoms with Gasteiger partial charge in [-0.25, -0.2) is 0 Å². The van der Waals surface area contributed by atoms with Gasteiger partial charge in [0.05, 0.1) is 0 Å². The molecule has 0 aliphatic carbocycles. The highest BCUT2D eigenvalue weighted by atomic mass is 79.9. The second-order valence-electron chi connectivity index (χ2n) is 4.21. The molecule has 0 amide bonds. The molecule has 2 aromatic carbocycles. The zero-order chi connectivity index (χ0) is 16.0. The van der Waals surface area contributed by atoms with E-state index in [2.05, 4.69) is 32.5 Å². The van der Waals surface area contributed by atoms with Crippen molar-refractivity contribution in [3.8, 4) is 17.6 Å². The van der Waals surface area contributed by atoms with Crippen LogP contribution in [-0.2, 0) is 0 Å². The third-order valence-corrected chi connectivity index (χ3v) is 3.08. The Kier molecular flexibility index (Phi) is 5.29. The molecule has 1 nitrogen and oxygen atoms in total. The summed E-state index contributed by atoms with van der Waals surface area (Å²) in [5, 5.41) is 0. The van der Waals surface area contributed by atoms with Gasteiger partial charge in [0.2, 0.25) is 0 Å². The van der Waals surface area contributed by atoms with Gasteiger partial charge < -0.3 is 4.74 Å². The fourth-order valence-corrected chi connectivity index (χ4v) is 2.04. The molecule has 0 spiro atoms. The number of allylic oxidation sites excluding steroid dienone is 1. The molecule has 0 saturated carbocycles. The maximum atomic E-state index is 12.1. The van der Waals surface area contributed by atoms with E-state index in [4.69, 9.17) is 0 Å². The van der Waals surface area contributed by atoms with Gasteiger partial charge in [0.15, 0.2) is 0 Å². The van der Waals surface area contributed by atoms with E-state index in [1.807, 2.05) is 30.3 Å². The third kappa shape index (κ3) is 4.97. The lowest BCUT2D eigenvalue weighted by Gasteiger charge is -2.08. The summed E-state index contributed by atoms with van der Waals surface area (Å²) in [5.74, 6) is 5.60. The summed E-state index contributed by atoms with van der Waals surface area (Å²) in [7, 11) is 0. The normalized spacial score (nSPS) is 11.5. The van der Waals surface area contributed by atoms with Crippen molar-refractivity contribution in [1.29, 1.82) is 0 Å². The molecule has 0 heterocycles. The van der Waals surface area contributed by atoms with Crippen molar-refractivity contribution in [2.75, 3.05) is 0 Å². The van der Waals surface area contributed by atoms with E-state index in [-0.39, 0.29) is 5.75 Å². The van der Waals surface area contributed by atoms with Gasteiger partial charge in [-0.05, 0) is 34.8 Å². The van der Waals surface area contributed by atoms with Gasteiger partial charge in [0.1, 0.15) is 5.75 Å². The number of benzene rings is 2. The highest BCUT2D eigenvalue weighted by Gasteiger charge is 2.30. The maximum absolute atomic E-state index is 12.1. The SMILES string of the molecule is FC(F)(F)Oc1ccc(C#C/C(=C\Br)c2ccccc2)cc1. The van der Waals surface area contributed by atoms with Crippen LogP contribution in [0.15, 0.2) is 59.6 Å². The van der Waals surface area contributed by atoms with E-state index in [1.165, 1.54) is 24.3 Å². The average molecular weight is 367 g/mol. The molecule has 0 aromatic heterocycles. The molecule has 0 aliphatic rings. The van der Waals surface area contributed by atoms with Gasteiger partial charge in [-0.2, -0.15) is 0 Å². The molecule has 0 bridgehead atoms. The molecule has 0 aliphatic heterocycles. The molecule has 0 saturated heterocycles. The predicted molar refractivity (Wildman–Crippen MR) is 83.3 cm³/mol. The molecular weight excluding hydrogens is 357 g/mol. The Morgan fingerprint density at radius 1 is 1.00 bits per heavy atom. The minimum atomic E-state index is -4.69. The summed E-state index contributed by atoms with van der Waals surface area (Å²) in [6.45, 7) is 0. The van der Waals surface area contributed by atoms with Crippen LogP contribution in [0.3, 0.4) is 0 Å². The molecule has 2 rings (SSSR count). The summed E-state index contributed by atoms with van der Waals surface area (Å²) >= 11 is 3.26. The Labute approximate surface area is 134 Å². The Morgan fingerprint density at radius 2 is 1.64 bits per heavy atom. The van der Waals surface area contributed by atoms with Gasteiger partial charge in [-0.1, -0.05) is 58.1 Å². The zero-order valence-electron chi connectivity index (χ0n) is 11.2. The highest BCUT2D eigenvalue weighted by Crippen LogP contribution is 2.22. The first-order chi connectivity index (χ1) is 10.5. The molecule has 0 N–H and O–H groups in total. The number of ether oxygens (including phenoxy) is 1. The number of alkyl halides is 3. The van der Waals surface area contributed by atoms with Crippen LogP contribution in [0.4, 0.5) is 13.2 Å². The van der Waals surface area contributed by atoms with E-state index in [0.717, 1.165) is 11.1 Å². The number of rotatable bonds is 2. The van der Waals surface area contributed by atoms with Gasteiger partial charge in [-0.15, -0.1) is 13.2 Å². The van der Waals surface area contributed by atoms with Crippen LogP contribution in [0.1, 0.15) is 11.1 Å². The highest BCUT2D eigenvalue weighted by molar-refractivity contribution is 9.11. The number of hydrogen-bond donors (Lipinski definition) is 0. The number of hydrogen-bond acceptors (Lipinski definition) is 1. The van der Waals surface area contributed by atoms with Crippen molar-refractivity contribution in [2.45, 2.75) is 6.36 Å². The second-order valence-corrected chi connectivity index (χ2v) is 4.67. The quantitative estimate of drug-likeness (QED) is 0.649. The summed E-state index contributed by atoms with van der Waals surface area (Å²) in [6.07, 6.45) is -4.69. The Hall–Kier alpha value is -2.19. The summed E-state index contributed by atoms with van der Waals surface area (Å²) < 4.78 is 40.0. The average Bonchev–Trinajstić information content (AvgIpc) is 2.49. The van der Waals surface area contributed by atoms with Crippen LogP contribution in [0, 0.1) is 11.8 Å². The van der Waals surface area contributed by atoms with Crippen LogP contribution >= 0.6 is 15.9 Å². The molecule has 0 atom stereocenters. The second kappa shape index (κ2) is 7.19. The first-order valence-corrected chi connectivity index (χ1v) is 7.13. The van der Waals surface area contributed by atoms with E-state index in [9.17, 15) is 13.2 Å². The summed E-state index contributed by atoms with van der Waals surface area (Å²) in [6, 6.07) is 15.0. The standard InChI is InChI=1S/C17H10BrF3O/c18-12-15(14-4-2-1-3-5-14)9-6-13-7-10-16(11-8-13)22-17(19,20)21/h1-5,7-8,10-12H/b15-12+. The van der Waals surface area contributed by atoms with Gasteiger partial charge in [0, 0.05) is 11.1 Å². The maximum Gasteiger partial charge on any atom is 0.573 e. The van der Waals surface area contributed by atoms with E-state index in [1.54, 1.807) is 4.99 Å². The van der Waals surface area contributed by atoms with Crippen molar-refractivity contribution in [3.05, 3.63) is 70.7 Å². The van der Waals surface area contributed by atoms with Crippen LogP contribution in [0.5, 0.6) is 5.75 Å². The van der Waals surface area contributed by atoms with E-state index >= 15 is 0 Å². The van der Waals surface area contributed by atoms with Crippen molar-refractivity contribution >= 4 is 21.5 Å². The molecule has 0 unspecified atom stereocenters. The zero-order valence-corrected chi connectivity index (χ0v) is 12.8. The van der Waals surface area contributed by atoms with Crippen molar-refractivity contribution in [2.24, 2.45) is 0 Å². The lowest BCUT2D eigenvalue weighted by molar-refractivity contribution is -0.274. The van der Waals surface area contributed by atoms with Crippen molar-refractivity contribution in [3.63, 3.8) is 0 Å². The van der Waals surface area contributed by atoms with Crippen LogP contribution in [0.25, 0.3) is 5.57 Å². The van der Waals surface area contributed by atoms with Gasteiger partial charge in [-0.3, -0.25) is 0 Å². The van der Waals surface area contributed by atoms with Crippen LogP contribution in [-0.4, -0.2) is 6.36 Å². The third-order valence-electron chi connectivity index (χ3n) is 2.62. The minimum absolute atomic E-state index is 0.266. The van der Waals surface area contributed by atoms with E-state index in [0.29, 0.717) is 5.56 Å². The summed E-state index contributed by atoms with van der Waals surface area (Å²) in [4.78, 5) is 1.70. The first kappa shape index (κ1) is 16.2. The Balaban J connectivity index is 2.15. The fraction of sp³-hybridized carbons (Fsp3) is 0.0588. The fourth-order valence-electron chi connectivity index (χ4n) is 1.66. The lowest BCUT2D eigenvalue weighted by Crippen LogP contribution is -2.16. The van der Waals surface area contributed by atoms with Gasteiger partial charge in [0.25, 0.3) is 0 Å². The van der Waals surface area contributed by atoms with Crippen molar-refractivity contribution < 1.29 is 17.9 Å². The van der Waals surface area contributed by atoms with Crippen molar-refractivity contribution in [1.82, 2.24) is 0 Å². The molecule has 112 valence electrons. The van der Waals surface area contributed by atoms with Crippen LogP contribution < -0.4 is 4.74 Å². The largest absolute Gasteiger partial charge is 0.573 e. The van der Waals surface area contributed by atoms with Crippen LogP contribution in [0.2, 0.25) is 0 Å². The summed E-state index contributed by atoms with van der Waals surface area (Å²) in [5.41, 5.74) is 2.32. The molecule has 2 aromatic rings. The van der Waals surface area contributed by atoms with Gasteiger partial charge >= 0.3 is 6.36 Å². The smallest absolute Gasteiger partial charge is 0.406 e. The minimum Gasteiger partial charge on any atom is -0.406 e. The lowest BCUT2D eigenvalue weighted by atomic mass is 10.1. The first-order valence-electron chi connectivity index (χ1n) is 6.21. The predicted octanol–water partition coefficient (Wildman–Crippen LogP) is 5.37. The number of halogens is 4. The Bertz CT molecular complexity index is 708. The van der Waals surface area contributed by atoms with E-state index < -0.39 is 6.36 Å². The molecule has 0 fully saturated rings. The molecule has 0 radical (unpaired) electrons. The topological polar surface area (TPSA) is 9.23 Å².